The smallest absolute Gasteiger partial charge is 0.318 e. The molecule has 0 heterocycles. The number of thioether (sulfide) groups is 1. The Bertz CT molecular complexity index is 363. The zero-order valence-corrected chi connectivity index (χ0v) is 10.9. The number of carbonyl (C=O) groups excluding carboxylic acids is 1. The molecule has 0 fully saturated rings. The molecule has 0 spiro atoms. The molecule has 1 aromatic carbocycles. The molecule has 0 bridgehead atoms. The Hall–Kier alpha value is -0.870. The molecule has 0 saturated heterocycles. The summed E-state index contributed by atoms with van der Waals surface area (Å²) in [5.41, 5.74) is 1.16. The normalized spacial score (nSPS) is 11.9. The van der Waals surface area contributed by atoms with Gasteiger partial charge < -0.3 is 4.74 Å². The van der Waals surface area contributed by atoms with E-state index >= 15 is 0 Å². The minimum Gasteiger partial charge on any atom is -0.468 e. The third kappa shape index (κ3) is 4.33. The van der Waals surface area contributed by atoms with E-state index in [1.54, 1.807) is 6.92 Å². The molecule has 4 heteroatoms. The van der Waals surface area contributed by atoms with Gasteiger partial charge in [0, 0.05) is 6.42 Å². The predicted molar refractivity (Wildman–Crippen MR) is 71.8 cm³/mol. The monoisotopic (exact) mass is 254 g/mol. The second kappa shape index (κ2) is 6.66. The van der Waals surface area contributed by atoms with Crippen molar-refractivity contribution in [2.45, 2.75) is 18.6 Å². The van der Waals surface area contributed by atoms with E-state index in [9.17, 15) is 4.79 Å². The van der Waals surface area contributed by atoms with Crippen LogP contribution in [0.2, 0.25) is 0 Å². The molecule has 1 unspecified atom stereocenters. The maximum absolute atomic E-state index is 11.2. The summed E-state index contributed by atoms with van der Waals surface area (Å²) in [5, 5.41) is -0.235. The first-order chi connectivity index (χ1) is 7.63. The molecule has 0 amide bonds. The molecule has 0 N–H and O–H groups in total. The number of hydrogen-bond acceptors (Lipinski definition) is 4. The number of thiocarbonyl (C=S) groups is 1. The molecule has 2 nitrogen and oxygen atoms in total. The zero-order chi connectivity index (χ0) is 12.0. The molecule has 0 aliphatic heterocycles. The van der Waals surface area contributed by atoms with Gasteiger partial charge in [-0.1, -0.05) is 42.5 Å². The summed E-state index contributed by atoms with van der Waals surface area (Å²) in [7, 11) is 1.39. The second-order valence-corrected chi connectivity index (χ2v) is 5.50. The third-order valence-corrected chi connectivity index (χ3v) is 3.42. The highest BCUT2D eigenvalue weighted by Gasteiger charge is 2.15. The van der Waals surface area contributed by atoms with Gasteiger partial charge in [0.25, 0.3) is 0 Å². The van der Waals surface area contributed by atoms with E-state index in [-0.39, 0.29) is 11.2 Å². The fourth-order valence-corrected chi connectivity index (χ4v) is 2.65. The van der Waals surface area contributed by atoms with Crippen LogP contribution in [0.15, 0.2) is 30.3 Å². The molecule has 86 valence electrons. The number of hydrogen-bond donors (Lipinski definition) is 0. The van der Waals surface area contributed by atoms with Crippen LogP contribution in [0.5, 0.6) is 0 Å². The SMILES string of the molecule is COC(=O)C(C)SC(=S)Cc1ccccc1. The minimum absolute atomic E-state index is 0.235. The summed E-state index contributed by atoms with van der Waals surface area (Å²) in [4.78, 5) is 11.2. The van der Waals surface area contributed by atoms with Crippen molar-refractivity contribution in [1.29, 1.82) is 0 Å². The van der Waals surface area contributed by atoms with E-state index in [2.05, 4.69) is 4.74 Å². The highest BCUT2D eigenvalue weighted by Crippen LogP contribution is 2.17. The molecule has 0 radical (unpaired) electrons. The molecule has 0 aliphatic rings. The Balaban J connectivity index is 2.45. The van der Waals surface area contributed by atoms with Gasteiger partial charge in [-0.2, -0.15) is 0 Å². The lowest BCUT2D eigenvalue weighted by Gasteiger charge is -2.09. The Labute approximate surface area is 105 Å². The quantitative estimate of drug-likeness (QED) is 0.609. The lowest BCUT2D eigenvalue weighted by Crippen LogP contribution is -2.17. The van der Waals surface area contributed by atoms with E-state index in [1.807, 2.05) is 30.3 Å². The van der Waals surface area contributed by atoms with Gasteiger partial charge in [0.05, 0.1) is 11.3 Å². The number of ether oxygens (including phenoxy) is 1. The van der Waals surface area contributed by atoms with E-state index in [0.717, 1.165) is 9.76 Å². The van der Waals surface area contributed by atoms with Crippen LogP contribution < -0.4 is 0 Å². The van der Waals surface area contributed by atoms with Crippen molar-refractivity contribution in [2.24, 2.45) is 0 Å². The van der Waals surface area contributed by atoms with Crippen LogP contribution in [-0.4, -0.2) is 22.5 Å². The van der Waals surface area contributed by atoms with Crippen molar-refractivity contribution in [2.75, 3.05) is 7.11 Å². The summed E-state index contributed by atoms with van der Waals surface area (Å²) < 4.78 is 5.45. The first kappa shape index (κ1) is 13.2. The number of methoxy groups -OCH3 is 1. The highest BCUT2D eigenvalue weighted by atomic mass is 32.2. The van der Waals surface area contributed by atoms with Crippen LogP contribution in [0.3, 0.4) is 0 Å². The lowest BCUT2D eigenvalue weighted by atomic mass is 10.2. The fraction of sp³-hybridized carbons (Fsp3) is 0.333. The molecular weight excluding hydrogens is 240 g/mol. The number of carbonyl (C=O) groups is 1. The van der Waals surface area contributed by atoms with Gasteiger partial charge in [-0.25, -0.2) is 0 Å². The molecule has 0 saturated carbocycles. The first-order valence-corrected chi connectivity index (χ1v) is 6.23. The van der Waals surface area contributed by atoms with E-state index in [1.165, 1.54) is 18.9 Å². The van der Waals surface area contributed by atoms with Crippen molar-refractivity contribution in [3.63, 3.8) is 0 Å². The van der Waals surface area contributed by atoms with Crippen LogP contribution in [-0.2, 0) is 16.0 Å². The van der Waals surface area contributed by atoms with Gasteiger partial charge in [-0.15, -0.1) is 11.8 Å². The van der Waals surface area contributed by atoms with Gasteiger partial charge in [0.15, 0.2) is 0 Å². The molecule has 0 aromatic heterocycles. The van der Waals surface area contributed by atoms with Gasteiger partial charge in [0.2, 0.25) is 0 Å². The van der Waals surface area contributed by atoms with Gasteiger partial charge in [-0.05, 0) is 12.5 Å². The van der Waals surface area contributed by atoms with Crippen molar-refractivity contribution in [3.05, 3.63) is 35.9 Å². The van der Waals surface area contributed by atoms with Crippen molar-refractivity contribution in [3.8, 4) is 0 Å². The molecular formula is C12H14O2S2. The van der Waals surface area contributed by atoms with E-state index in [0.29, 0.717) is 6.42 Å². The number of esters is 1. The molecule has 1 atom stereocenters. The minimum atomic E-state index is -0.236. The Morgan fingerprint density at radius 2 is 2.06 bits per heavy atom. The van der Waals surface area contributed by atoms with Gasteiger partial charge in [0.1, 0.15) is 5.25 Å². The van der Waals surface area contributed by atoms with Crippen LogP contribution in [0.1, 0.15) is 12.5 Å². The predicted octanol–water partition coefficient (Wildman–Crippen LogP) is 2.85. The van der Waals surface area contributed by atoms with Crippen molar-refractivity contribution < 1.29 is 9.53 Å². The number of benzene rings is 1. The van der Waals surface area contributed by atoms with E-state index < -0.39 is 0 Å². The summed E-state index contributed by atoms with van der Waals surface area (Å²) in [5.74, 6) is -0.236. The lowest BCUT2D eigenvalue weighted by molar-refractivity contribution is -0.139. The topological polar surface area (TPSA) is 26.3 Å². The summed E-state index contributed by atoms with van der Waals surface area (Å²) in [6.07, 6.45) is 0.710. The van der Waals surface area contributed by atoms with Crippen LogP contribution in [0.25, 0.3) is 0 Å². The van der Waals surface area contributed by atoms with Crippen LogP contribution >= 0.6 is 24.0 Å². The molecule has 16 heavy (non-hydrogen) atoms. The summed E-state index contributed by atoms with van der Waals surface area (Å²) in [6, 6.07) is 9.97. The average Bonchev–Trinajstić information content (AvgIpc) is 2.29. The van der Waals surface area contributed by atoms with Crippen molar-refractivity contribution >= 4 is 34.1 Å². The molecule has 1 aromatic rings. The standard InChI is InChI=1S/C12H14O2S2/c1-9(12(13)14-2)16-11(15)8-10-6-4-3-5-7-10/h3-7,9H,8H2,1-2H3. The summed E-state index contributed by atoms with van der Waals surface area (Å²) in [6.45, 7) is 1.80. The Morgan fingerprint density at radius 1 is 1.44 bits per heavy atom. The number of rotatable bonds is 4. The van der Waals surface area contributed by atoms with Crippen LogP contribution in [0.4, 0.5) is 0 Å². The maximum atomic E-state index is 11.2. The Morgan fingerprint density at radius 3 is 2.62 bits per heavy atom. The third-order valence-electron chi connectivity index (χ3n) is 2.03. The molecule has 1 rings (SSSR count). The largest absolute Gasteiger partial charge is 0.468 e. The van der Waals surface area contributed by atoms with Gasteiger partial charge in [-0.3, -0.25) is 4.79 Å². The summed E-state index contributed by atoms with van der Waals surface area (Å²) >= 11 is 6.62. The second-order valence-electron chi connectivity index (χ2n) is 3.32. The molecule has 0 aliphatic carbocycles. The first-order valence-electron chi connectivity index (χ1n) is 4.94. The Kier molecular flexibility index (Phi) is 5.49. The average molecular weight is 254 g/mol. The van der Waals surface area contributed by atoms with E-state index in [4.69, 9.17) is 12.2 Å². The maximum Gasteiger partial charge on any atom is 0.318 e. The zero-order valence-electron chi connectivity index (χ0n) is 9.30. The van der Waals surface area contributed by atoms with Crippen molar-refractivity contribution in [1.82, 2.24) is 0 Å². The van der Waals surface area contributed by atoms with Crippen LogP contribution in [0, 0.1) is 0 Å². The van der Waals surface area contributed by atoms with Gasteiger partial charge >= 0.3 is 5.97 Å². The fourth-order valence-electron chi connectivity index (χ4n) is 1.22. The highest BCUT2D eigenvalue weighted by molar-refractivity contribution is 8.23.